The largest absolute Gasteiger partial charge is 0.398 e. The van der Waals surface area contributed by atoms with Gasteiger partial charge in [-0.3, -0.25) is 0 Å². The van der Waals surface area contributed by atoms with Gasteiger partial charge >= 0.3 is 8.56 Å². The quantitative estimate of drug-likeness (QED) is 0.117. The van der Waals surface area contributed by atoms with Crippen LogP contribution in [-0.2, 0) is 46.7 Å². The molecule has 0 aliphatic rings. The summed E-state index contributed by atoms with van der Waals surface area (Å²) in [6, 6.07) is 1.78. The Morgan fingerprint density at radius 2 is 0.636 bits per heavy atom. The highest BCUT2D eigenvalue weighted by atomic mass is 28.4. The van der Waals surface area contributed by atoms with Crippen LogP contribution in [0.3, 0.4) is 0 Å². The second-order valence-electron chi connectivity index (χ2n) is 7.19. The van der Waals surface area contributed by atoms with Gasteiger partial charge in [-0.2, -0.15) is 0 Å². The van der Waals surface area contributed by atoms with Gasteiger partial charge in [0.05, 0.1) is 79.3 Å². The fraction of sp³-hybridized carbons (Fsp3) is 1.00. The van der Waals surface area contributed by atoms with Crippen LogP contribution < -0.4 is 0 Å². The molecule has 200 valence electrons. The van der Waals surface area contributed by atoms with Crippen molar-refractivity contribution < 1.29 is 46.7 Å². The van der Waals surface area contributed by atoms with Crippen molar-refractivity contribution in [3.63, 3.8) is 0 Å². The van der Waals surface area contributed by atoms with Crippen LogP contribution >= 0.6 is 0 Å². The Labute approximate surface area is 201 Å². The molecule has 0 radical (unpaired) electrons. The maximum Gasteiger partial charge on any atom is 0.337 e. The molecule has 0 rings (SSSR count). The molecule has 0 saturated heterocycles. The highest BCUT2D eigenvalue weighted by Gasteiger charge is 2.34. The third-order valence-corrected chi connectivity index (χ3v) is 8.51. The van der Waals surface area contributed by atoms with Crippen molar-refractivity contribution in [1.29, 1.82) is 0 Å². The second kappa shape index (κ2) is 26.4. The molecule has 33 heavy (non-hydrogen) atoms. The number of hydrogen-bond acceptors (Lipinski definition) is 10. The van der Waals surface area contributed by atoms with Crippen molar-refractivity contribution >= 4 is 8.56 Å². The van der Waals surface area contributed by atoms with Gasteiger partial charge in [0.15, 0.2) is 0 Å². The molecule has 11 heteroatoms. The van der Waals surface area contributed by atoms with Gasteiger partial charge in [0.25, 0.3) is 0 Å². The molecule has 0 aromatic carbocycles. The summed E-state index contributed by atoms with van der Waals surface area (Å²) in [6.45, 7) is 8.25. The van der Waals surface area contributed by atoms with Crippen LogP contribution in [0.4, 0.5) is 0 Å². The Kier molecular flexibility index (Phi) is 26.3. The number of hydrogen-bond donors (Lipinski definition) is 0. The van der Waals surface area contributed by atoms with Gasteiger partial charge < -0.3 is 46.7 Å². The molecule has 0 heterocycles. The fourth-order valence-corrected chi connectivity index (χ4v) is 5.47. The van der Waals surface area contributed by atoms with Crippen molar-refractivity contribution in [3.8, 4) is 0 Å². The zero-order chi connectivity index (χ0) is 24.3. The third kappa shape index (κ3) is 22.0. The molecule has 0 spiro atoms. The first-order valence-corrected chi connectivity index (χ1v) is 14.0. The minimum absolute atomic E-state index is 0.562. The van der Waals surface area contributed by atoms with E-state index < -0.39 is 8.56 Å². The molecule has 0 atom stereocenters. The first-order valence-electron chi connectivity index (χ1n) is 11.8. The molecule has 10 nitrogen and oxygen atoms in total. The fourth-order valence-electron chi connectivity index (χ4n) is 2.87. The van der Waals surface area contributed by atoms with E-state index in [1.165, 1.54) is 0 Å². The summed E-state index contributed by atoms with van der Waals surface area (Å²) in [6.07, 6.45) is 1.80. The SMILES string of the molecule is COCCOCCOCCOCCC[Si](CCCOCCOCCOCCOC)(OC)OC. The second-order valence-corrected chi connectivity index (χ2v) is 10.8. The van der Waals surface area contributed by atoms with Crippen LogP contribution in [0.2, 0.25) is 12.1 Å². The van der Waals surface area contributed by atoms with E-state index in [-0.39, 0.29) is 0 Å². The van der Waals surface area contributed by atoms with E-state index in [2.05, 4.69) is 0 Å². The van der Waals surface area contributed by atoms with E-state index >= 15 is 0 Å². The maximum absolute atomic E-state index is 5.80. The van der Waals surface area contributed by atoms with Crippen molar-refractivity contribution in [2.45, 2.75) is 24.9 Å². The molecular formula is C22H48O10Si. The molecule has 0 unspecified atom stereocenters. The highest BCUT2D eigenvalue weighted by Crippen LogP contribution is 2.21. The first kappa shape index (κ1) is 32.8. The van der Waals surface area contributed by atoms with Gasteiger partial charge in [-0.1, -0.05) is 0 Å². The first-order chi connectivity index (χ1) is 16.2. The van der Waals surface area contributed by atoms with Crippen molar-refractivity contribution in [2.75, 3.05) is 121 Å². The van der Waals surface area contributed by atoms with Crippen LogP contribution in [-0.4, -0.2) is 129 Å². The molecule has 0 aromatic rings. The lowest BCUT2D eigenvalue weighted by atomic mass is 10.5. The van der Waals surface area contributed by atoms with Crippen LogP contribution in [0.5, 0.6) is 0 Å². The predicted molar refractivity (Wildman–Crippen MR) is 127 cm³/mol. The molecule has 0 aliphatic carbocycles. The van der Waals surface area contributed by atoms with Crippen molar-refractivity contribution in [2.24, 2.45) is 0 Å². The average Bonchev–Trinajstić information content (AvgIpc) is 2.84. The summed E-state index contributed by atoms with van der Waals surface area (Å²) in [5.74, 6) is 0. The highest BCUT2D eigenvalue weighted by molar-refractivity contribution is 6.67. The molecular weight excluding hydrogens is 452 g/mol. The molecule has 0 fully saturated rings. The Morgan fingerprint density at radius 3 is 0.909 bits per heavy atom. The summed E-state index contributed by atoms with van der Waals surface area (Å²) in [7, 11) is 4.57. The van der Waals surface area contributed by atoms with Crippen LogP contribution in [0.1, 0.15) is 12.8 Å². The summed E-state index contributed by atoms with van der Waals surface area (Å²) < 4.78 is 54.3. The van der Waals surface area contributed by atoms with Gasteiger partial charge in [0, 0.05) is 41.7 Å². The summed E-state index contributed by atoms with van der Waals surface area (Å²) in [5.41, 5.74) is 0. The number of rotatable bonds is 28. The predicted octanol–water partition coefficient (Wildman–Crippen LogP) is 1.89. The van der Waals surface area contributed by atoms with Crippen molar-refractivity contribution in [3.05, 3.63) is 0 Å². The van der Waals surface area contributed by atoms with Gasteiger partial charge in [0.2, 0.25) is 0 Å². The zero-order valence-electron chi connectivity index (χ0n) is 21.3. The normalized spacial score (nSPS) is 12.0. The molecule has 0 aromatic heterocycles. The minimum atomic E-state index is -2.21. The number of methoxy groups -OCH3 is 2. The number of ether oxygens (including phenoxy) is 8. The van der Waals surface area contributed by atoms with Crippen molar-refractivity contribution in [1.82, 2.24) is 0 Å². The monoisotopic (exact) mass is 500 g/mol. The van der Waals surface area contributed by atoms with Gasteiger partial charge in [-0.15, -0.1) is 0 Å². The average molecular weight is 501 g/mol. The lowest BCUT2D eigenvalue weighted by molar-refractivity contribution is 0.00326. The van der Waals surface area contributed by atoms with Crippen LogP contribution in [0, 0.1) is 0 Å². The Bertz CT molecular complexity index is 345. The third-order valence-electron chi connectivity index (χ3n) is 4.79. The lowest BCUT2D eigenvalue weighted by Gasteiger charge is -2.27. The van der Waals surface area contributed by atoms with Gasteiger partial charge in [0.1, 0.15) is 0 Å². The summed E-state index contributed by atoms with van der Waals surface area (Å²) in [4.78, 5) is 0. The van der Waals surface area contributed by atoms with E-state index in [1.54, 1.807) is 28.4 Å². The van der Waals surface area contributed by atoms with Crippen LogP contribution in [0.25, 0.3) is 0 Å². The molecule has 0 bridgehead atoms. The molecule has 0 amide bonds. The molecule has 0 aliphatic heterocycles. The molecule has 0 saturated carbocycles. The standard InChI is InChI=1S/C22H48O10Si/c1-23-9-11-29-17-19-31-15-13-27-7-5-21-33(25-3,26-4)22-6-8-28-14-16-32-20-18-30-12-10-24-2/h5-22H2,1-4H3. The Morgan fingerprint density at radius 1 is 0.364 bits per heavy atom. The van der Waals surface area contributed by atoms with E-state index in [1.807, 2.05) is 0 Å². The van der Waals surface area contributed by atoms with Gasteiger partial charge in [-0.25, -0.2) is 0 Å². The van der Waals surface area contributed by atoms with Crippen LogP contribution in [0.15, 0.2) is 0 Å². The van der Waals surface area contributed by atoms with E-state index in [4.69, 9.17) is 46.7 Å². The summed E-state index contributed by atoms with van der Waals surface area (Å²) >= 11 is 0. The van der Waals surface area contributed by atoms with E-state index in [9.17, 15) is 0 Å². The summed E-state index contributed by atoms with van der Waals surface area (Å²) in [5, 5.41) is 0. The Hall–Kier alpha value is -0.183. The minimum Gasteiger partial charge on any atom is -0.398 e. The maximum atomic E-state index is 5.80. The lowest BCUT2D eigenvalue weighted by Crippen LogP contribution is -2.40. The molecule has 0 N–H and O–H groups in total. The topological polar surface area (TPSA) is 92.3 Å². The Balaban J connectivity index is 3.58. The van der Waals surface area contributed by atoms with E-state index in [0.717, 1.165) is 24.9 Å². The smallest absolute Gasteiger partial charge is 0.337 e. The van der Waals surface area contributed by atoms with E-state index in [0.29, 0.717) is 92.5 Å². The zero-order valence-corrected chi connectivity index (χ0v) is 22.3. The van der Waals surface area contributed by atoms with Gasteiger partial charge in [-0.05, 0) is 24.9 Å².